The minimum absolute atomic E-state index is 0.00521. The van der Waals surface area contributed by atoms with Gasteiger partial charge in [0, 0.05) is 18.0 Å². The first-order valence-corrected chi connectivity index (χ1v) is 7.35. The predicted octanol–water partition coefficient (Wildman–Crippen LogP) is 4.08. The zero-order valence-corrected chi connectivity index (χ0v) is 13.5. The monoisotopic (exact) mass is 297 g/mol. The second-order valence-electron chi connectivity index (χ2n) is 6.90. The molecule has 1 amide bonds. The lowest BCUT2D eigenvalue weighted by atomic mass is 9.77. The third-order valence-electron chi connectivity index (χ3n) is 3.44. The number of hydrogen-bond donors (Lipinski definition) is 1. The molecule has 0 aliphatic rings. The average Bonchev–Trinajstić information content (AvgIpc) is 2.24. The van der Waals surface area contributed by atoms with Crippen molar-refractivity contribution in [1.29, 1.82) is 0 Å². The van der Waals surface area contributed by atoms with Gasteiger partial charge in [-0.2, -0.15) is 0 Å². The highest BCUT2D eigenvalue weighted by Crippen LogP contribution is 2.30. The van der Waals surface area contributed by atoms with Crippen LogP contribution in [-0.4, -0.2) is 11.9 Å². The van der Waals surface area contributed by atoms with Crippen molar-refractivity contribution in [2.45, 2.75) is 53.5 Å². The number of amides is 1. The maximum absolute atomic E-state index is 13.2. The van der Waals surface area contributed by atoms with E-state index in [2.05, 4.69) is 5.32 Å². The van der Waals surface area contributed by atoms with Gasteiger partial charge in [-0.1, -0.05) is 20.8 Å². The molecule has 0 aliphatic heterocycles. The highest BCUT2D eigenvalue weighted by Gasteiger charge is 2.31. The Morgan fingerprint density at radius 1 is 1.14 bits per heavy atom. The molecule has 1 aromatic rings. The van der Waals surface area contributed by atoms with Crippen molar-refractivity contribution in [3.8, 4) is 0 Å². The second kappa shape index (κ2) is 7.01. The fourth-order valence-electron chi connectivity index (χ4n) is 2.41. The van der Waals surface area contributed by atoms with E-state index in [0.29, 0.717) is 18.4 Å². The molecule has 118 valence electrons. The number of rotatable bonds is 5. The SMILES string of the molecule is CC(C)NC(=O)C(CCc1cc(F)cc(F)c1)C(C)(C)C. The van der Waals surface area contributed by atoms with E-state index in [1.807, 2.05) is 34.6 Å². The van der Waals surface area contributed by atoms with Gasteiger partial charge >= 0.3 is 0 Å². The van der Waals surface area contributed by atoms with Crippen LogP contribution in [0.2, 0.25) is 0 Å². The number of carbonyl (C=O) groups is 1. The van der Waals surface area contributed by atoms with Crippen LogP contribution in [0.4, 0.5) is 8.78 Å². The molecule has 2 nitrogen and oxygen atoms in total. The summed E-state index contributed by atoms with van der Waals surface area (Å²) in [5.41, 5.74) is 0.379. The topological polar surface area (TPSA) is 29.1 Å². The molecule has 0 heterocycles. The summed E-state index contributed by atoms with van der Waals surface area (Å²) < 4.78 is 26.4. The number of hydrogen-bond acceptors (Lipinski definition) is 1. The van der Waals surface area contributed by atoms with Gasteiger partial charge in [-0.05, 0) is 49.8 Å². The molecule has 21 heavy (non-hydrogen) atoms. The van der Waals surface area contributed by atoms with Gasteiger partial charge in [0.25, 0.3) is 0 Å². The summed E-state index contributed by atoms with van der Waals surface area (Å²) in [6, 6.07) is 3.58. The maximum Gasteiger partial charge on any atom is 0.223 e. The molecule has 1 aromatic carbocycles. The van der Waals surface area contributed by atoms with Crippen LogP contribution < -0.4 is 5.32 Å². The number of carbonyl (C=O) groups excluding carboxylic acids is 1. The number of halogens is 2. The van der Waals surface area contributed by atoms with E-state index in [4.69, 9.17) is 0 Å². The van der Waals surface area contributed by atoms with Gasteiger partial charge in [0.05, 0.1) is 0 Å². The standard InChI is InChI=1S/C17H25F2NO/c1-11(2)20-16(21)15(17(3,4)5)7-6-12-8-13(18)10-14(19)9-12/h8-11,15H,6-7H2,1-5H3,(H,20,21). The van der Waals surface area contributed by atoms with Gasteiger partial charge in [-0.3, -0.25) is 4.79 Å². The first kappa shape index (κ1) is 17.6. The Morgan fingerprint density at radius 3 is 2.10 bits per heavy atom. The van der Waals surface area contributed by atoms with Crippen molar-refractivity contribution in [2.75, 3.05) is 0 Å². The van der Waals surface area contributed by atoms with Crippen LogP contribution in [0, 0.1) is 23.0 Å². The van der Waals surface area contributed by atoms with Crippen molar-refractivity contribution in [2.24, 2.45) is 11.3 Å². The molecule has 0 saturated carbocycles. The summed E-state index contributed by atoms with van der Waals surface area (Å²) in [6.07, 6.45) is 1.03. The lowest BCUT2D eigenvalue weighted by Crippen LogP contribution is -2.41. The van der Waals surface area contributed by atoms with E-state index in [1.54, 1.807) is 0 Å². The van der Waals surface area contributed by atoms with Gasteiger partial charge in [-0.25, -0.2) is 8.78 Å². The van der Waals surface area contributed by atoms with Crippen molar-refractivity contribution in [1.82, 2.24) is 5.32 Å². The number of benzene rings is 1. The minimum Gasteiger partial charge on any atom is -0.354 e. The Balaban J connectivity index is 2.80. The van der Waals surface area contributed by atoms with Crippen LogP contribution in [0.15, 0.2) is 18.2 Å². The fraction of sp³-hybridized carbons (Fsp3) is 0.588. The molecule has 0 fully saturated rings. The van der Waals surface area contributed by atoms with Crippen LogP contribution >= 0.6 is 0 Å². The predicted molar refractivity (Wildman–Crippen MR) is 80.9 cm³/mol. The van der Waals surface area contributed by atoms with Crippen molar-refractivity contribution in [3.05, 3.63) is 35.4 Å². The third-order valence-corrected chi connectivity index (χ3v) is 3.44. The van der Waals surface area contributed by atoms with E-state index < -0.39 is 11.6 Å². The Morgan fingerprint density at radius 2 is 1.67 bits per heavy atom. The molecule has 0 radical (unpaired) electrons. The van der Waals surface area contributed by atoms with Gasteiger partial charge in [0.1, 0.15) is 11.6 Å². The largest absolute Gasteiger partial charge is 0.354 e. The Kier molecular flexibility index (Phi) is 5.87. The van der Waals surface area contributed by atoms with Crippen LogP contribution in [0.1, 0.15) is 46.6 Å². The molecule has 1 unspecified atom stereocenters. The molecule has 0 aliphatic carbocycles. The molecule has 0 spiro atoms. The zero-order chi connectivity index (χ0) is 16.2. The zero-order valence-electron chi connectivity index (χ0n) is 13.5. The minimum atomic E-state index is -0.580. The molecule has 1 rings (SSSR count). The lowest BCUT2D eigenvalue weighted by molar-refractivity contribution is -0.129. The summed E-state index contributed by atoms with van der Waals surface area (Å²) in [4.78, 5) is 12.3. The van der Waals surface area contributed by atoms with Gasteiger partial charge in [-0.15, -0.1) is 0 Å². The summed E-state index contributed by atoms with van der Waals surface area (Å²) >= 11 is 0. The summed E-state index contributed by atoms with van der Waals surface area (Å²) in [5, 5.41) is 2.92. The van der Waals surface area contributed by atoms with Crippen LogP contribution in [0.5, 0.6) is 0 Å². The van der Waals surface area contributed by atoms with Gasteiger partial charge in [0.15, 0.2) is 0 Å². The highest BCUT2D eigenvalue weighted by atomic mass is 19.1. The summed E-state index contributed by atoms with van der Waals surface area (Å²) in [5.74, 6) is -1.37. The Hall–Kier alpha value is -1.45. The van der Waals surface area contributed by atoms with Crippen LogP contribution in [0.25, 0.3) is 0 Å². The molecule has 0 bridgehead atoms. The Bertz CT molecular complexity index is 472. The smallest absolute Gasteiger partial charge is 0.223 e. The molecular weight excluding hydrogens is 272 g/mol. The van der Waals surface area contributed by atoms with Crippen molar-refractivity contribution < 1.29 is 13.6 Å². The van der Waals surface area contributed by atoms with Crippen LogP contribution in [-0.2, 0) is 11.2 Å². The lowest BCUT2D eigenvalue weighted by Gasteiger charge is -2.30. The fourth-order valence-corrected chi connectivity index (χ4v) is 2.41. The van der Waals surface area contributed by atoms with E-state index in [-0.39, 0.29) is 23.3 Å². The molecule has 0 aromatic heterocycles. The first-order chi connectivity index (χ1) is 9.59. The first-order valence-electron chi connectivity index (χ1n) is 7.35. The van der Waals surface area contributed by atoms with E-state index in [1.165, 1.54) is 12.1 Å². The van der Waals surface area contributed by atoms with E-state index in [9.17, 15) is 13.6 Å². The average molecular weight is 297 g/mol. The highest BCUT2D eigenvalue weighted by molar-refractivity contribution is 5.79. The van der Waals surface area contributed by atoms with Crippen molar-refractivity contribution >= 4 is 5.91 Å². The quantitative estimate of drug-likeness (QED) is 0.871. The molecule has 0 saturated heterocycles. The van der Waals surface area contributed by atoms with E-state index >= 15 is 0 Å². The molecule has 1 atom stereocenters. The number of nitrogens with one attached hydrogen (secondary N) is 1. The summed E-state index contributed by atoms with van der Waals surface area (Å²) in [6.45, 7) is 9.84. The molecular formula is C17H25F2NO. The van der Waals surface area contributed by atoms with Gasteiger partial charge in [0.2, 0.25) is 5.91 Å². The third kappa shape index (κ3) is 5.82. The molecule has 1 N–H and O–H groups in total. The van der Waals surface area contributed by atoms with Crippen molar-refractivity contribution in [3.63, 3.8) is 0 Å². The Labute approximate surface area is 125 Å². The normalized spacial score (nSPS) is 13.3. The van der Waals surface area contributed by atoms with Crippen LogP contribution in [0.3, 0.4) is 0 Å². The maximum atomic E-state index is 13.2. The second-order valence-corrected chi connectivity index (χ2v) is 6.90. The summed E-state index contributed by atoms with van der Waals surface area (Å²) in [7, 11) is 0. The van der Waals surface area contributed by atoms with Gasteiger partial charge < -0.3 is 5.32 Å². The number of aryl methyl sites for hydroxylation is 1. The molecule has 4 heteroatoms. The van der Waals surface area contributed by atoms with E-state index in [0.717, 1.165) is 6.07 Å².